The summed E-state index contributed by atoms with van der Waals surface area (Å²) in [5.74, 6) is 0.539. The van der Waals surface area contributed by atoms with E-state index in [2.05, 4.69) is 15.2 Å². The molecule has 9 heteroatoms. The van der Waals surface area contributed by atoms with Gasteiger partial charge in [-0.1, -0.05) is 17.7 Å². The number of carbonyl (C=O) groups is 1. The van der Waals surface area contributed by atoms with Gasteiger partial charge in [0, 0.05) is 48.8 Å². The minimum atomic E-state index is -0.287. The molecule has 2 aromatic carbocycles. The molecule has 0 radical (unpaired) electrons. The van der Waals surface area contributed by atoms with Crippen LogP contribution in [0.5, 0.6) is 0 Å². The molecule has 0 bridgehead atoms. The van der Waals surface area contributed by atoms with Crippen molar-refractivity contribution in [3.05, 3.63) is 83.5 Å². The summed E-state index contributed by atoms with van der Waals surface area (Å²) in [7, 11) is 0. The molecular weight excluding hydrogens is 443 g/mol. The maximum atomic E-state index is 13.5. The summed E-state index contributed by atoms with van der Waals surface area (Å²) in [5, 5.41) is 3.48. The molecule has 0 atom stereocenters. The van der Waals surface area contributed by atoms with Crippen LogP contribution in [0.15, 0.2) is 66.9 Å². The quantitative estimate of drug-likeness (QED) is 0.480. The van der Waals surface area contributed by atoms with E-state index in [9.17, 15) is 9.18 Å². The van der Waals surface area contributed by atoms with E-state index in [1.54, 1.807) is 41.4 Å². The van der Waals surface area contributed by atoms with Crippen LogP contribution in [0.2, 0.25) is 5.02 Å². The Bertz CT molecular complexity index is 1280. The molecule has 0 saturated carbocycles. The lowest BCUT2D eigenvalue weighted by Crippen LogP contribution is -2.49. The number of rotatable bonds is 4. The predicted molar refractivity (Wildman–Crippen MR) is 126 cm³/mol. The lowest BCUT2D eigenvalue weighted by molar-refractivity contribution is 0.140. The van der Waals surface area contributed by atoms with Crippen molar-refractivity contribution < 1.29 is 9.18 Å². The number of nitrogens with zero attached hydrogens (tertiary/aromatic N) is 5. The molecular formula is C24H22ClFN6O. The van der Waals surface area contributed by atoms with Crippen LogP contribution >= 0.6 is 11.6 Å². The summed E-state index contributed by atoms with van der Waals surface area (Å²) < 4.78 is 15.4. The van der Waals surface area contributed by atoms with Crippen LogP contribution in [0.25, 0.3) is 16.9 Å². The van der Waals surface area contributed by atoms with E-state index in [0.29, 0.717) is 43.4 Å². The van der Waals surface area contributed by atoms with Crippen LogP contribution in [0.4, 0.5) is 14.9 Å². The van der Waals surface area contributed by atoms with E-state index in [-0.39, 0.29) is 11.8 Å². The third-order valence-corrected chi connectivity index (χ3v) is 5.91. The van der Waals surface area contributed by atoms with Crippen LogP contribution in [0.1, 0.15) is 5.82 Å². The zero-order valence-electron chi connectivity index (χ0n) is 17.8. The average Bonchev–Trinajstić information content (AvgIpc) is 3.18. The molecule has 1 aliphatic heterocycles. The first-order chi connectivity index (χ1) is 16.1. The minimum Gasteiger partial charge on any atom is -0.322 e. The smallest absolute Gasteiger partial charge is 0.321 e. The first-order valence-corrected chi connectivity index (χ1v) is 11.1. The third-order valence-electron chi connectivity index (χ3n) is 5.67. The number of carbonyl (C=O) groups excluding carboxylic acids is 1. The highest BCUT2D eigenvalue weighted by Crippen LogP contribution is 2.22. The summed E-state index contributed by atoms with van der Waals surface area (Å²) in [6.45, 7) is 3.21. The molecule has 0 aliphatic carbocycles. The number of anilines is 1. The van der Waals surface area contributed by atoms with Crippen molar-refractivity contribution in [1.82, 2.24) is 24.3 Å². The molecule has 168 valence electrons. The Labute approximate surface area is 195 Å². The maximum Gasteiger partial charge on any atom is 0.321 e. The van der Waals surface area contributed by atoms with Crippen LogP contribution in [0, 0.1) is 5.82 Å². The molecule has 2 aromatic heterocycles. The first-order valence-electron chi connectivity index (χ1n) is 10.7. The van der Waals surface area contributed by atoms with Gasteiger partial charge in [-0.3, -0.25) is 9.47 Å². The molecule has 4 aromatic rings. The van der Waals surface area contributed by atoms with Gasteiger partial charge in [0.15, 0.2) is 5.65 Å². The van der Waals surface area contributed by atoms with E-state index in [1.165, 1.54) is 12.1 Å². The van der Waals surface area contributed by atoms with Gasteiger partial charge >= 0.3 is 6.03 Å². The van der Waals surface area contributed by atoms with Gasteiger partial charge in [0.2, 0.25) is 0 Å². The zero-order valence-corrected chi connectivity index (χ0v) is 18.5. The molecule has 1 fully saturated rings. The summed E-state index contributed by atoms with van der Waals surface area (Å²) >= 11 is 6.00. The Morgan fingerprint density at radius 3 is 2.58 bits per heavy atom. The minimum absolute atomic E-state index is 0.139. The van der Waals surface area contributed by atoms with Crippen molar-refractivity contribution in [2.45, 2.75) is 6.54 Å². The molecule has 0 unspecified atom stereocenters. The van der Waals surface area contributed by atoms with Gasteiger partial charge in [-0.2, -0.15) is 0 Å². The van der Waals surface area contributed by atoms with Gasteiger partial charge < -0.3 is 10.2 Å². The van der Waals surface area contributed by atoms with E-state index in [0.717, 1.165) is 22.7 Å². The molecule has 1 N–H and O–H groups in total. The number of halogens is 2. The number of hydrogen-bond acceptors (Lipinski definition) is 4. The second-order valence-corrected chi connectivity index (χ2v) is 8.33. The Morgan fingerprint density at radius 2 is 1.82 bits per heavy atom. The number of nitrogens with one attached hydrogen (secondary N) is 1. The number of urea groups is 1. The fourth-order valence-electron chi connectivity index (χ4n) is 4.00. The standard InChI is InChI=1S/C24H22ClFN6O/c25-17-3-1-4-19(15-17)28-24(33)31-13-11-30(12-14-31)16-22-29-21-5-2-10-27-23(21)32(22)20-8-6-18(26)7-9-20/h1-10,15H,11-14,16H2,(H,28,33). The number of benzene rings is 2. The van der Waals surface area contributed by atoms with E-state index < -0.39 is 0 Å². The maximum absolute atomic E-state index is 13.5. The van der Waals surface area contributed by atoms with Gasteiger partial charge in [-0.25, -0.2) is 19.2 Å². The number of pyridine rings is 1. The number of amides is 2. The summed E-state index contributed by atoms with van der Waals surface area (Å²) in [5.41, 5.74) is 3.01. The van der Waals surface area contributed by atoms with E-state index in [4.69, 9.17) is 16.6 Å². The van der Waals surface area contributed by atoms with Crippen molar-refractivity contribution in [3.8, 4) is 5.69 Å². The normalized spacial score (nSPS) is 14.5. The molecule has 2 amide bonds. The summed E-state index contributed by atoms with van der Waals surface area (Å²) in [6, 6.07) is 17.1. The van der Waals surface area contributed by atoms with Gasteiger partial charge in [-0.05, 0) is 54.6 Å². The van der Waals surface area contributed by atoms with Crippen molar-refractivity contribution in [3.63, 3.8) is 0 Å². The van der Waals surface area contributed by atoms with E-state index in [1.807, 2.05) is 22.8 Å². The summed E-state index contributed by atoms with van der Waals surface area (Å²) in [6.07, 6.45) is 1.73. The molecule has 7 nitrogen and oxygen atoms in total. The highest BCUT2D eigenvalue weighted by molar-refractivity contribution is 6.30. The molecule has 0 spiro atoms. The van der Waals surface area contributed by atoms with Gasteiger partial charge in [0.1, 0.15) is 17.2 Å². The number of fused-ring (bicyclic) bond motifs is 1. The van der Waals surface area contributed by atoms with Gasteiger partial charge in [0.05, 0.1) is 6.54 Å². The fourth-order valence-corrected chi connectivity index (χ4v) is 4.19. The fraction of sp³-hybridized carbons (Fsp3) is 0.208. The second-order valence-electron chi connectivity index (χ2n) is 7.89. The highest BCUT2D eigenvalue weighted by atomic mass is 35.5. The molecule has 3 heterocycles. The van der Waals surface area contributed by atoms with Crippen LogP contribution in [-0.4, -0.2) is 56.5 Å². The lowest BCUT2D eigenvalue weighted by Gasteiger charge is -2.34. The van der Waals surface area contributed by atoms with Crippen molar-refractivity contribution >= 4 is 34.5 Å². The average molecular weight is 465 g/mol. The SMILES string of the molecule is O=C(Nc1cccc(Cl)c1)N1CCN(Cc2nc3cccnc3n2-c2ccc(F)cc2)CC1. The van der Waals surface area contributed by atoms with E-state index >= 15 is 0 Å². The van der Waals surface area contributed by atoms with Crippen LogP contribution in [-0.2, 0) is 6.54 Å². The van der Waals surface area contributed by atoms with Crippen molar-refractivity contribution in [1.29, 1.82) is 0 Å². The Morgan fingerprint density at radius 1 is 1.03 bits per heavy atom. The lowest BCUT2D eigenvalue weighted by atomic mass is 10.3. The molecule has 1 aliphatic rings. The molecule has 33 heavy (non-hydrogen) atoms. The van der Waals surface area contributed by atoms with Crippen LogP contribution in [0.3, 0.4) is 0 Å². The third kappa shape index (κ3) is 4.67. The van der Waals surface area contributed by atoms with Crippen LogP contribution < -0.4 is 5.32 Å². The number of piperazine rings is 1. The Balaban J connectivity index is 1.29. The van der Waals surface area contributed by atoms with Crippen molar-refractivity contribution in [2.75, 3.05) is 31.5 Å². The van der Waals surface area contributed by atoms with Crippen molar-refractivity contribution in [2.24, 2.45) is 0 Å². The predicted octanol–water partition coefficient (Wildman–Crippen LogP) is 4.56. The Hall–Kier alpha value is -3.49. The highest BCUT2D eigenvalue weighted by Gasteiger charge is 2.23. The number of aromatic nitrogens is 3. The topological polar surface area (TPSA) is 66.3 Å². The monoisotopic (exact) mass is 464 g/mol. The van der Waals surface area contributed by atoms with Gasteiger partial charge in [0.25, 0.3) is 0 Å². The largest absolute Gasteiger partial charge is 0.322 e. The first kappa shape index (κ1) is 21.4. The molecule has 1 saturated heterocycles. The number of hydrogen-bond donors (Lipinski definition) is 1. The second kappa shape index (κ2) is 9.17. The Kier molecular flexibility index (Phi) is 5.93. The number of imidazole rings is 1. The molecule has 5 rings (SSSR count). The summed E-state index contributed by atoms with van der Waals surface area (Å²) in [4.78, 5) is 25.9. The zero-order chi connectivity index (χ0) is 22.8. The van der Waals surface area contributed by atoms with Gasteiger partial charge in [-0.15, -0.1) is 0 Å².